The fraction of sp³-hybridized carbons (Fsp3) is 1.00. The molecule has 0 radical (unpaired) electrons. The lowest BCUT2D eigenvalue weighted by Crippen LogP contribution is -2.05. The van der Waals surface area contributed by atoms with Gasteiger partial charge in [0.15, 0.2) is 0 Å². The van der Waals surface area contributed by atoms with E-state index in [1.807, 2.05) is 0 Å². The summed E-state index contributed by atoms with van der Waals surface area (Å²) in [5.41, 5.74) is 0. The molecule has 0 aliphatic rings. The third-order valence-corrected chi connectivity index (χ3v) is 1.09. The number of hydrogen-bond acceptors (Lipinski definition) is 4. The lowest BCUT2D eigenvalue weighted by atomic mass is 10.7. The van der Waals surface area contributed by atoms with Gasteiger partial charge in [-0.1, -0.05) is 0 Å². The maximum atomic E-state index is 9.69. The minimum atomic E-state index is -0.294. The monoisotopic (exact) mass is 166 g/mol. The van der Waals surface area contributed by atoms with E-state index in [9.17, 15) is 4.57 Å². The Morgan fingerprint density at radius 1 is 1.20 bits per heavy atom. The molecule has 0 rings (SSSR count). The maximum absolute atomic E-state index is 9.69. The van der Waals surface area contributed by atoms with Gasteiger partial charge in [0.2, 0.25) is 0 Å². The highest BCUT2D eigenvalue weighted by Crippen LogP contribution is 1.91. The highest BCUT2D eigenvalue weighted by atomic mass is 31.1. The molecule has 5 heteroatoms. The Balaban J connectivity index is 2.70. The van der Waals surface area contributed by atoms with Crippen LogP contribution in [0, 0.1) is 0 Å². The van der Waals surface area contributed by atoms with Crippen LogP contribution in [0.15, 0.2) is 0 Å². The van der Waals surface area contributed by atoms with Crippen LogP contribution in [0.3, 0.4) is 0 Å². The molecule has 0 aromatic heterocycles. The molecule has 0 spiro atoms. The van der Waals surface area contributed by atoms with Crippen molar-refractivity contribution >= 4 is 8.69 Å². The highest BCUT2D eigenvalue weighted by Gasteiger charge is 1.87. The van der Waals surface area contributed by atoms with Gasteiger partial charge in [-0.2, -0.15) is 0 Å². The fourth-order valence-electron chi connectivity index (χ4n) is 0.378. The van der Waals surface area contributed by atoms with Crippen molar-refractivity contribution in [2.24, 2.45) is 0 Å². The smallest absolute Gasteiger partial charge is 0.327 e. The summed E-state index contributed by atoms with van der Waals surface area (Å²) in [6.07, 6.45) is 0. The number of hydrogen-bond donors (Lipinski definition) is 0. The lowest BCUT2D eigenvalue weighted by Gasteiger charge is -1.99. The van der Waals surface area contributed by atoms with Gasteiger partial charge in [0.1, 0.15) is 0 Å². The van der Waals surface area contributed by atoms with E-state index >= 15 is 0 Å². The second-order valence-electron chi connectivity index (χ2n) is 1.51. The topological polar surface area (TPSA) is 44.8 Å². The van der Waals surface area contributed by atoms with Crippen LogP contribution in [0.5, 0.6) is 0 Å². The first-order chi connectivity index (χ1) is 4.91. The average molecular weight is 166 g/mol. The predicted octanol–water partition coefficient (Wildman–Crippen LogP) is 0.873. The number of ether oxygens (including phenoxy) is 2. The molecule has 4 nitrogen and oxygen atoms in total. The quantitative estimate of drug-likeness (QED) is 0.416. The van der Waals surface area contributed by atoms with Crippen molar-refractivity contribution in [3.05, 3.63) is 0 Å². The van der Waals surface area contributed by atoms with Crippen molar-refractivity contribution in [3.8, 4) is 0 Å². The Morgan fingerprint density at radius 2 is 1.90 bits per heavy atom. The molecule has 10 heavy (non-hydrogen) atoms. The SMILES string of the molecule is COCCOCCOP=O. The van der Waals surface area contributed by atoms with Crippen LogP contribution in [0.2, 0.25) is 0 Å². The molecule has 0 amide bonds. The summed E-state index contributed by atoms with van der Waals surface area (Å²) in [4.78, 5) is 0. The van der Waals surface area contributed by atoms with Gasteiger partial charge in [-0.05, 0) is 0 Å². The standard InChI is InChI=1S/C5H11O4P/c1-7-2-3-8-4-5-9-10-6/h2-5H2,1H3. The third-order valence-electron chi connectivity index (χ3n) is 0.803. The molecule has 0 bridgehead atoms. The fourth-order valence-corrected chi connectivity index (χ4v) is 0.527. The first kappa shape index (κ1) is 9.98. The number of rotatable bonds is 7. The van der Waals surface area contributed by atoms with Crippen molar-refractivity contribution in [2.45, 2.75) is 0 Å². The van der Waals surface area contributed by atoms with Gasteiger partial charge >= 0.3 is 8.69 Å². The van der Waals surface area contributed by atoms with Crippen LogP contribution in [0.4, 0.5) is 0 Å². The summed E-state index contributed by atoms with van der Waals surface area (Å²) in [7, 11) is 1.31. The molecule has 0 aromatic carbocycles. The van der Waals surface area contributed by atoms with Crippen molar-refractivity contribution in [1.82, 2.24) is 0 Å². The minimum Gasteiger partial charge on any atom is -0.382 e. The molecule has 0 aliphatic heterocycles. The molecule has 0 saturated heterocycles. The summed E-state index contributed by atoms with van der Waals surface area (Å²) < 4.78 is 23.9. The highest BCUT2D eigenvalue weighted by molar-refractivity contribution is 7.17. The molecule has 0 unspecified atom stereocenters. The van der Waals surface area contributed by atoms with Crippen LogP contribution >= 0.6 is 8.69 Å². The molecule has 0 aromatic rings. The molecule has 0 atom stereocenters. The van der Waals surface area contributed by atoms with Gasteiger partial charge in [0.25, 0.3) is 0 Å². The summed E-state index contributed by atoms with van der Waals surface area (Å²) in [6.45, 7) is 1.94. The Kier molecular flexibility index (Phi) is 8.96. The molecular weight excluding hydrogens is 155 g/mol. The summed E-state index contributed by atoms with van der Waals surface area (Å²) in [6, 6.07) is 0. The normalized spacial score (nSPS) is 10.5. The van der Waals surface area contributed by atoms with Crippen molar-refractivity contribution < 1.29 is 18.6 Å². The van der Waals surface area contributed by atoms with E-state index < -0.39 is 0 Å². The van der Waals surface area contributed by atoms with Gasteiger partial charge in [0, 0.05) is 7.11 Å². The van der Waals surface area contributed by atoms with Crippen LogP contribution in [-0.2, 0) is 18.6 Å². The summed E-state index contributed by atoms with van der Waals surface area (Å²) >= 11 is 0. The Labute approximate surface area is 61.7 Å². The van der Waals surface area contributed by atoms with E-state index in [1.54, 1.807) is 7.11 Å². The zero-order valence-corrected chi connectivity index (χ0v) is 6.80. The van der Waals surface area contributed by atoms with Gasteiger partial charge in [-0.15, -0.1) is 0 Å². The molecule has 60 valence electrons. The largest absolute Gasteiger partial charge is 0.382 e. The molecular formula is C5H11O4P. The van der Waals surface area contributed by atoms with Gasteiger partial charge < -0.3 is 9.47 Å². The maximum Gasteiger partial charge on any atom is 0.327 e. The number of methoxy groups -OCH3 is 1. The minimum absolute atomic E-state index is 0.294. The lowest BCUT2D eigenvalue weighted by molar-refractivity contribution is 0.0564. The van der Waals surface area contributed by atoms with E-state index in [0.717, 1.165) is 0 Å². The Hall–Kier alpha value is -0.0200. The van der Waals surface area contributed by atoms with E-state index in [0.29, 0.717) is 26.4 Å². The molecule has 0 heterocycles. The summed E-state index contributed by atoms with van der Waals surface area (Å²) in [5.74, 6) is 0. The first-order valence-electron chi connectivity index (χ1n) is 2.93. The van der Waals surface area contributed by atoms with Crippen LogP contribution in [-0.4, -0.2) is 33.5 Å². The van der Waals surface area contributed by atoms with Gasteiger partial charge in [0.05, 0.1) is 26.4 Å². The van der Waals surface area contributed by atoms with Gasteiger partial charge in [-0.25, -0.2) is 4.57 Å². The zero-order chi connectivity index (χ0) is 7.66. The van der Waals surface area contributed by atoms with Crippen LogP contribution in [0.25, 0.3) is 0 Å². The first-order valence-corrected chi connectivity index (χ1v) is 3.66. The van der Waals surface area contributed by atoms with E-state index in [2.05, 4.69) is 4.52 Å². The molecule has 0 N–H and O–H groups in total. The summed E-state index contributed by atoms with van der Waals surface area (Å²) in [5, 5.41) is 0. The van der Waals surface area contributed by atoms with E-state index in [-0.39, 0.29) is 8.69 Å². The van der Waals surface area contributed by atoms with E-state index in [4.69, 9.17) is 9.47 Å². The Bertz CT molecular complexity index is 78.0. The molecule has 0 saturated carbocycles. The van der Waals surface area contributed by atoms with E-state index in [1.165, 1.54) is 0 Å². The third kappa shape index (κ3) is 7.98. The zero-order valence-electron chi connectivity index (χ0n) is 5.91. The van der Waals surface area contributed by atoms with Crippen molar-refractivity contribution in [1.29, 1.82) is 0 Å². The second kappa shape index (κ2) is 8.98. The van der Waals surface area contributed by atoms with Crippen LogP contribution < -0.4 is 0 Å². The van der Waals surface area contributed by atoms with Crippen LogP contribution in [0.1, 0.15) is 0 Å². The van der Waals surface area contributed by atoms with Gasteiger partial charge in [-0.3, -0.25) is 4.52 Å². The second-order valence-corrected chi connectivity index (χ2v) is 1.92. The predicted molar refractivity (Wildman–Crippen MR) is 36.3 cm³/mol. The molecule has 0 fully saturated rings. The Morgan fingerprint density at radius 3 is 2.50 bits per heavy atom. The van der Waals surface area contributed by atoms with Crippen molar-refractivity contribution in [2.75, 3.05) is 33.5 Å². The van der Waals surface area contributed by atoms with Crippen molar-refractivity contribution in [3.63, 3.8) is 0 Å². The average Bonchev–Trinajstić information content (AvgIpc) is 1.97. The molecule has 0 aliphatic carbocycles.